The molecule has 0 bridgehead atoms. The van der Waals surface area contributed by atoms with E-state index in [1.165, 1.54) is 0 Å². The van der Waals surface area contributed by atoms with Crippen molar-refractivity contribution in [3.05, 3.63) is 11.2 Å². The molecule has 1 saturated heterocycles. The summed E-state index contributed by atoms with van der Waals surface area (Å²) in [4.78, 5) is 23.7. The molecule has 1 amide bonds. The van der Waals surface area contributed by atoms with Crippen LogP contribution in [0.1, 0.15) is 12.8 Å². The fourth-order valence-electron chi connectivity index (χ4n) is 2.71. The minimum atomic E-state index is 0.0710. The second-order valence-electron chi connectivity index (χ2n) is 5.68. The third kappa shape index (κ3) is 4.71. The van der Waals surface area contributed by atoms with Gasteiger partial charge in [0.1, 0.15) is 11.0 Å². The number of aromatic nitrogens is 2. The predicted molar refractivity (Wildman–Crippen MR) is 88.0 cm³/mol. The first kappa shape index (κ1) is 16.8. The van der Waals surface area contributed by atoms with E-state index in [1.54, 1.807) is 13.1 Å². The van der Waals surface area contributed by atoms with E-state index in [1.807, 2.05) is 7.05 Å². The van der Waals surface area contributed by atoms with Gasteiger partial charge in [-0.1, -0.05) is 11.6 Å². The maximum Gasteiger partial charge on any atom is 0.233 e. The number of hydrogen-bond acceptors (Lipinski definition) is 6. The van der Waals surface area contributed by atoms with Crippen molar-refractivity contribution < 1.29 is 4.79 Å². The predicted octanol–water partition coefficient (Wildman–Crippen LogP) is 0.606. The van der Waals surface area contributed by atoms with Crippen molar-refractivity contribution in [2.24, 2.45) is 5.92 Å². The second-order valence-corrected chi connectivity index (χ2v) is 6.07. The lowest BCUT2D eigenvalue weighted by atomic mass is 9.96. The van der Waals surface area contributed by atoms with Crippen LogP contribution in [-0.4, -0.2) is 61.0 Å². The van der Waals surface area contributed by atoms with Gasteiger partial charge < -0.3 is 16.0 Å². The summed E-state index contributed by atoms with van der Waals surface area (Å²) in [5, 5.41) is 3.02. The molecular formula is C14H23ClN6O. The number of rotatable bonds is 5. The largest absolute Gasteiger partial charge is 0.368 e. The molecule has 1 aromatic rings. The molecule has 7 nitrogen and oxygen atoms in total. The number of piperidine rings is 1. The number of halogens is 1. The first-order chi connectivity index (χ1) is 10.5. The molecule has 1 aromatic heterocycles. The van der Waals surface area contributed by atoms with Crippen molar-refractivity contribution in [2.75, 3.05) is 50.9 Å². The molecule has 0 radical (unpaired) electrons. The minimum Gasteiger partial charge on any atom is -0.368 e. The van der Waals surface area contributed by atoms with Gasteiger partial charge in [-0.2, -0.15) is 4.98 Å². The summed E-state index contributed by atoms with van der Waals surface area (Å²) >= 11 is 5.92. The standard InChI is InChI=1S/C14H23ClN6O/c1-17-13(22)9-21-5-3-10(4-6-21)8-20(2)12-7-11(15)18-14(16)19-12/h7,10H,3-6,8-9H2,1-2H3,(H,17,22)(H2,16,18,19). The maximum absolute atomic E-state index is 11.4. The number of nitrogens with two attached hydrogens (primary N) is 1. The van der Waals surface area contributed by atoms with Gasteiger partial charge in [-0.25, -0.2) is 4.98 Å². The normalized spacial score (nSPS) is 16.5. The van der Waals surface area contributed by atoms with Crippen molar-refractivity contribution in [3.63, 3.8) is 0 Å². The molecule has 0 saturated carbocycles. The molecule has 2 heterocycles. The Bertz CT molecular complexity index is 498. The zero-order chi connectivity index (χ0) is 16.1. The van der Waals surface area contributed by atoms with Gasteiger partial charge in [-0.3, -0.25) is 9.69 Å². The van der Waals surface area contributed by atoms with E-state index < -0.39 is 0 Å². The number of carbonyl (C=O) groups excluding carboxylic acids is 1. The number of likely N-dealkylation sites (N-methyl/N-ethyl adjacent to an activating group) is 1. The van der Waals surface area contributed by atoms with E-state index in [4.69, 9.17) is 17.3 Å². The van der Waals surface area contributed by atoms with Crippen molar-refractivity contribution in [1.82, 2.24) is 20.2 Å². The Kier molecular flexibility index (Phi) is 5.79. The molecule has 1 fully saturated rings. The number of nitrogens with one attached hydrogen (secondary N) is 1. The monoisotopic (exact) mass is 326 g/mol. The van der Waals surface area contributed by atoms with Crippen LogP contribution >= 0.6 is 11.6 Å². The summed E-state index contributed by atoms with van der Waals surface area (Å²) in [6, 6.07) is 1.72. The van der Waals surface area contributed by atoms with Gasteiger partial charge >= 0.3 is 0 Å². The van der Waals surface area contributed by atoms with Crippen LogP contribution in [0.2, 0.25) is 5.15 Å². The Balaban J connectivity index is 1.83. The average molecular weight is 327 g/mol. The number of anilines is 2. The van der Waals surface area contributed by atoms with Gasteiger partial charge in [0.15, 0.2) is 0 Å². The van der Waals surface area contributed by atoms with Crippen LogP contribution in [0, 0.1) is 5.92 Å². The van der Waals surface area contributed by atoms with Crippen LogP contribution in [0.25, 0.3) is 0 Å². The molecule has 1 aliphatic heterocycles. The van der Waals surface area contributed by atoms with E-state index in [0.717, 1.165) is 38.3 Å². The second kappa shape index (κ2) is 7.60. The van der Waals surface area contributed by atoms with Gasteiger partial charge in [0.25, 0.3) is 0 Å². The molecule has 8 heteroatoms. The molecule has 3 N–H and O–H groups in total. The molecule has 0 unspecified atom stereocenters. The SMILES string of the molecule is CNC(=O)CN1CCC(CN(C)c2cc(Cl)nc(N)n2)CC1. The van der Waals surface area contributed by atoms with Crippen LogP contribution in [-0.2, 0) is 4.79 Å². The Morgan fingerprint density at radius 1 is 1.50 bits per heavy atom. The topological polar surface area (TPSA) is 87.4 Å². The van der Waals surface area contributed by atoms with Crippen LogP contribution in [0.15, 0.2) is 6.07 Å². The van der Waals surface area contributed by atoms with Gasteiger partial charge in [0.2, 0.25) is 11.9 Å². The zero-order valence-corrected chi connectivity index (χ0v) is 13.8. The third-order valence-electron chi connectivity index (χ3n) is 3.98. The molecule has 122 valence electrons. The van der Waals surface area contributed by atoms with Crippen LogP contribution in [0.3, 0.4) is 0 Å². The maximum atomic E-state index is 11.4. The Morgan fingerprint density at radius 2 is 2.18 bits per heavy atom. The summed E-state index contributed by atoms with van der Waals surface area (Å²) in [6.45, 7) is 3.26. The highest BCUT2D eigenvalue weighted by atomic mass is 35.5. The van der Waals surface area contributed by atoms with Crippen LogP contribution < -0.4 is 16.0 Å². The number of nitrogens with zero attached hydrogens (tertiary/aromatic N) is 4. The van der Waals surface area contributed by atoms with Crippen molar-refractivity contribution in [1.29, 1.82) is 0 Å². The third-order valence-corrected chi connectivity index (χ3v) is 4.17. The van der Waals surface area contributed by atoms with E-state index in [9.17, 15) is 4.79 Å². The molecular weight excluding hydrogens is 304 g/mol. The van der Waals surface area contributed by atoms with Crippen LogP contribution in [0.4, 0.5) is 11.8 Å². The Hall–Kier alpha value is -1.60. The fourth-order valence-corrected chi connectivity index (χ4v) is 2.89. The molecule has 0 atom stereocenters. The lowest BCUT2D eigenvalue weighted by Gasteiger charge is -2.33. The summed E-state index contributed by atoms with van der Waals surface area (Å²) in [7, 11) is 3.65. The lowest BCUT2D eigenvalue weighted by Crippen LogP contribution is -2.42. The highest BCUT2D eigenvalue weighted by molar-refractivity contribution is 6.29. The molecule has 0 aliphatic carbocycles. The summed E-state index contributed by atoms with van der Waals surface area (Å²) < 4.78 is 0. The molecule has 2 rings (SSSR count). The lowest BCUT2D eigenvalue weighted by molar-refractivity contribution is -0.122. The minimum absolute atomic E-state index is 0.0710. The highest BCUT2D eigenvalue weighted by Crippen LogP contribution is 2.21. The Labute approximate surface area is 135 Å². The summed E-state index contributed by atoms with van der Waals surface area (Å²) in [6.07, 6.45) is 2.13. The summed E-state index contributed by atoms with van der Waals surface area (Å²) in [5.41, 5.74) is 5.63. The van der Waals surface area contributed by atoms with E-state index in [0.29, 0.717) is 17.6 Å². The van der Waals surface area contributed by atoms with E-state index in [2.05, 4.69) is 25.1 Å². The molecule has 22 heavy (non-hydrogen) atoms. The molecule has 1 aliphatic rings. The van der Waals surface area contributed by atoms with Crippen molar-refractivity contribution in [3.8, 4) is 0 Å². The van der Waals surface area contributed by atoms with Crippen LogP contribution in [0.5, 0.6) is 0 Å². The van der Waals surface area contributed by atoms with Crippen molar-refractivity contribution in [2.45, 2.75) is 12.8 Å². The molecule has 0 spiro atoms. The van der Waals surface area contributed by atoms with Gasteiger partial charge in [0, 0.05) is 26.7 Å². The van der Waals surface area contributed by atoms with Gasteiger partial charge in [-0.15, -0.1) is 0 Å². The quantitative estimate of drug-likeness (QED) is 0.771. The van der Waals surface area contributed by atoms with Crippen molar-refractivity contribution >= 4 is 29.3 Å². The fraction of sp³-hybridized carbons (Fsp3) is 0.643. The number of amides is 1. The number of likely N-dealkylation sites (tertiary alicyclic amines) is 1. The number of hydrogen-bond donors (Lipinski definition) is 2. The van der Waals surface area contributed by atoms with Gasteiger partial charge in [0.05, 0.1) is 6.54 Å². The van der Waals surface area contributed by atoms with Gasteiger partial charge in [-0.05, 0) is 31.8 Å². The smallest absolute Gasteiger partial charge is 0.233 e. The first-order valence-corrected chi connectivity index (χ1v) is 7.80. The Morgan fingerprint density at radius 3 is 2.77 bits per heavy atom. The van der Waals surface area contributed by atoms with E-state index in [-0.39, 0.29) is 11.9 Å². The summed E-state index contributed by atoms with van der Waals surface area (Å²) in [5.74, 6) is 1.57. The highest BCUT2D eigenvalue weighted by Gasteiger charge is 2.22. The average Bonchev–Trinajstić information content (AvgIpc) is 2.48. The molecule has 0 aromatic carbocycles. The zero-order valence-electron chi connectivity index (χ0n) is 13.0. The number of nitrogen functional groups attached to an aromatic ring is 1. The number of carbonyl (C=O) groups is 1. The van der Waals surface area contributed by atoms with E-state index >= 15 is 0 Å². The first-order valence-electron chi connectivity index (χ1n) is 7.42.